The van der Waals surface area contributed by atoms with Gasteiger partial charge in [0.15, 0.2) is 0 Å². The van der Waals surface area contributed by atoms with Crippen molar-refractivity contribution >= 4 is 27.5 Å². The minimum Gasteiger partial charge on any atom is -0.492 e. The van der Waals surface area contributed by atoms with Gasteiger partial charge in [-0.2, -0.15) is 0 Å². The third-order valence-electron chi connectivity index (χ3n) is 3.71. The van der Waals surface area contributed by atoms with E-state index in [1.807, 2.05) is 78.9 Å². The number of hydrogen-bond acceptors (Lipinski definition) is 2. The van der Waals surface area contributed by atoms with Crippen molar-refractivity contribution in [1.82, 2.24) is 0 Å². The van der Waals surface area contributed by atoms with Gasteiger partial charge in [-0.1, -0.05) is 60.7 Å². The van der Waals surface area contributed by atoms with Gasteiger partial charge in [-0.3, -0.25) is 4.79 Å². The van der Waals surface area contributed by atoms with E-state index in [0.29, 0.717) is 6.61 Å². The van der Waals surface area contributed by atoms with E-state index >= 15 is 0 Å². The first-order valence-corrected chi connectivity index (χ1v) is 8.85. The zero-order valence-electron chi connectivity index (χ0n) is 13.6. The monoisotopic (exact) mass is 395 g/mol. The molecule has 0 atom stereocenters. The smallest absolute Gasteiger partial charge is 0.227 e. The third kappa shape index (κ3) is 4.70. The summed E-state index contributed by atoms with van der Waals surface area (Å²) in [7, 11) is 0. The molecule has 1 N–H and O–H groups in total. The first-order chi connectivity index (χ1) is 12.2. The minimum atomic E-state index is -0.0795. The number of carbonyl (C=O) groups excluding carboxylic acids is 1. The first kappa shape index (κ1) is 17.2. The fourth-order valence-electron chi connectivity index (χ4n) is 2.48. The molecule has 3 rings (SSSR count). The summed E-state index contributed by atoms with van der Waals surface area (Å²) >= 11 is 3.42. The zero-order chi connectivity index (χ0) is 17.5. The average molecular weight is 396 g/mol. The maximum absolute atomic E-state index is 12.1. The molecule has 0 spiro atoms. The number of carbonyl (C=O) groups is 1. The van der Waals surface area contributed by atoms with E-state index in [0.717, 1.165) is 27.0 Å². The summed E-state index contributed by atoms with van der Waals surface area (Å²) in [5.41, 5.74) is 2.88. The van der Waals surface area contributed by atoms with Crippen molar-refractivity contribution in [1.29, 1.82) is 0 Å². The molecule has 0 bridgehead atoms. The molecule has 0 fully saturated rings. The van der Waals surface area contributed by atoms with Crippen LogP contribution in [0.25, 0.3) is 11.1 Å². The van der Waals surface area contributed by atoms with Crippen molar-refractivity contribution in [2.45, 2.75) is 6.42 Å². The molecule has 0 aromatic heterocycles. The Morgan fingerprint density at radius 2 is 1.56 bits per heavy atom. The SMILES string of the molecule is O=C(CCOc1ccccc1-c1ccccc1)Nc1ccccc1Br. The normalized spacial score (nSPS) is 10.3. The molecule has 126 valence electrons. The average Bonchev–Trinajstić information content (AvgIpc) is 2.65. The fraction of sp³-hybridized carbons (Fsp3) is 0.0952. The van der Waals surface area contributed by atoms with Gasteiger partial charge >= 0.3 is 0 Å². The Kier molecular flexibility index (Phi) is 5.86. The molecule has 0 unspecified atom stereocenters. The molecule has 0 saturated carbocycles. The van der Waals surface area contributed by atoms with Crippen molar-refractivity contribution in [3.63, 3.8) is 0 Å². The van der Waals surface area contributed by atoms with Crippen molar-refractivity contribution in [2.24, 2.45) is 0 Å². The van der Waals surface area contributed by atoms with Crippen LogP contribution in [-0.2, 0) is 4.79 Å². The van der Waals surface area contributed by atoms with Gasteiger partial charge in [0.25, 0.3) is 0 Å². The highest BCUT2D eigenvalue weighted by Crippen LogP contribution is 2.29. The van der Waals surface area contributed by atoms with Crippen LogP contribution in [-0.4, -0.2) is 12.5 Å². The largest absolute Gasteiger partial charge is 0.492 e. The van der Waals surface area contributed by atoms with Gasteiger partial charge in [0.05, 0.1) is 18.7 Å². The quantitative estimate of drug-likeness (QED) is 0.596. The number of ether oxygens (including phenoxy) is 1. The number of hydrogen-bond donors (Lipinski definition) is 1. The van der Waals surface area contributed by atoms with Crippen LogP contribution in [0.4, 0.5) is 5.69 Å². The summed E-state index contributed by atoms with van der Waals surface area (Å²) in [5.74, 6) is 0.700. The maximum atomic E-state index is 12.1. The van der Waals surface area contributed by atoms with Gasteiger partial charge in [0, 0.05) is 10.0 Å². The highest BCUT2D eigenvalue weighted by Gasteiger charge is 2.08. The summed E-state index contributed by atoms with van der Waals surface area (Å²) in [4.78, 5) is 12.1. The number of nitrogens with one attached hydrogen (secondary N) is 1. The Morgan fingerprint density at radius 3 is 2.36 bits per heavy atom. The second-order valence-electron chi connectivity index (χ2n) is 5.49. The number of anilines is 1. The summed E-state index contributed by atoms with van der Waals surface area (Å²) in [6.45, 7) is 0.320. The van der Waals surface area contributed by atoms with Gasteiger partial charge in [0.1, 0.15) is 5.75 Å². The van der Waals surface area contributed by atoms with E-state index in [-0.39, 0.29) is 12.3 Å². The summed E-state index contributed by atoms with van der Waals surface area (Å²) in [6, 6.07) is 25.5. The molecule has 0 heterocycles. The molecule has 1 amide bonds. The molecular weight excluding hydrogens is 378 g/mol. The van der Waals surface area contributed by atoms with Crippen LogP contribution in [0.1, 0.15) is 6.42 Å². The van der Waals surface area contributed by atoms with Gasteiger partial charge in [-0.25, -0.2) is 0 Å². The molecule has 0 saturated heterocycles. The molecule has 4 heteroatoms. The van der Waals surface area contributed by atoms with Gasteiger partial charge < -0.3 is 10.1 Å². The van der Waals surface area contributed by atoms with Crippen molar-refractivity contribution in [2.75, 3.05) is 11.9 Å². The lowest BCUT2D eigenvalue weighted by Crippen LogP contribution is -2.15. The van der Waals surface area contributed by atoms with Crippen LogP contribution in [0.5, 0.6) is 5.75 Å². The lowest BCUT2D eigenvalue weighted by atomic mass is 10.1. The highest BCUT2D eigenvalue weighted by atomic mass is 79.9. The first-order valence-electron chi connectivity index (χ1n) is 8.05. The van der Waals surface area contributed by atoms with E-state index in [9.17, 15) is 4.79 Å². The Morgan fingerprint density at radius 1 is 0.880 bits per heavy atom. The van der Waals surface area contributed by atoms with Crippen LogP contribution < -0.4 is 10.1 Å². The number of amides is 1. The number of benzene rings is 3. The Hall–Kier alpha value is -2.59. The topological polar surface area (TPSA) is 38.3 Å². The van der Waals surface area contributed by atoms with E-state index < -0.39 is 0 Å². The number of rotatable bonds is 6. The summed E-state index contributed by atoms with van der Waals surface area (Å²) in [6.07, 6.45) is 0.282. The van der Waals surface area contributed by atoms with Crippen molar-refractivity contribution in [3.8, 4) is 16.9 Å². The van der Waals surface area contributed by atoms with Crippen LogP contribution in [0.15, 0.2) is 83.3 Å². The van der Waals surface area contributed by atoms with E-state index in [1.165, 1.54) is 0 Å². The molecule has 0 aliphatic rings. The maximum Gasteiger partial charge on any atom is 0.227 e. The lowest BCUT2D eigenvalue weighted by molar-refractivity contribution is -0.116. The van der Waals surface area contributed by atoms with E-state index in [4.69, 9.17) is 4.74 Å². The molecule has 25 heavy (non-hydrogen) atoms. The Balaban J connectivity index is 1.60. The minimum absolute atomic E-state index is 0.0795. The standard InChI is InChI=1S/C21H18BrNO2/c22-18-11-5-6-12-19(18)23-21(24)14-15-25-20-13-7-4-10-17(20)16-8-2-1-3-9-16/h1-13H,14-15H2,(H,23,24). The number of halogens is 1. The van der Waals surface area contributed by atoms with Crippen LogP contribution in [0.2, 0.25) is 0 Å². The molecule has 0 aliphatic heterocycles. The lowest BCUT2D eigenvalue weighted by Gasteiger charge is -2.12. The van der Waals surface area contributed by atoms with E-state index in [1.54, 1.807) is 0 Å². The second kappa shape index (κ2) is 8.49. The summed E-state index contributed by atoms with van der Waals surface area (Å²) < 4.78 is 6.72. The Labute approximate surface area is 155 Å². The molecular formula is C21H18BrNO2. The molecule has 3 aromatic carbocycles. The van der Waals surface area contributed by atoms with Crippen LogP contribution >= 0.6 is 15.9 Å². The van der Waals surface area contributed by atoms with Gasteiger partial charge in [0.2, 0.25) is 5.91 Å². The van der Waals surface area contributed by atoms with Crippen molar-refractivity contribution in [3.05, 3.63) is 83.3 Å². The Bertz CT molecular complexity index is 849. The fourth-order valence-corrected chi connectivity index (χ4v) is 2.86. The van der Waals surface area contributed by atoms with Gasteiger partial charge in [-0.15, -0.1) is 0 Å². The molecule has 0 radical (unpaired) electrons. The third-order valence-corrected chi connectivity index (χ3v) is 4.40. The second-order valence-corrected chi connectivity index (χ2v) is 6.34. The van der Waals surface area contributed by atoms with Crippen LogP contribution in [0, 0.1) is 0 Å². The van der Waals surface area contributed by atoms with E-state index in [2.05, 4.69) is 21.2 Å². The van der Waals surface area contributed by atoms with Crippen molar-refractivity contribution < 1.29 is 9.53 Å². The predicted octanol–water partition coefficient (Wildman–Crippen LogP) is 5.52. The van der Waals surface area contributed by atoms with Gasteiger partial charge in [-0.05, 0) is 39.7 Å². The number of para-hydroxylation sites is 2. The predicted molar refractivity (Wildman–Crippen MR) is 105 cm³/mol. The molecule has 3 nitrogen and oxygen atoms in total. The summed E-state index contributed by atoms with van der Waals surface area (Å²) in [5, 5.41) is 2.88. The molecule has 3 aromatic rings. The molecule has 0 aliphatic carbocycles. The van der Waals surface area contributed by atoms with Crippen LogP contribution in [0.3, 0.4) is 0 Å². The highest BCUT2D eigenvalue weighted by molar-refractivity contribution is 9.10. The zero-order valence-corrected chi connectivity index (χ0v) is 15.2.